The van der Waals surface area contributed by atoms with Gasteiger partial charge in [-0.15, -0.1) is 0 Å². The summed E-state index contributed by atoms with van der Waals surface area (Å²) in [4.78, 5) is 17.8. The van der Waals surface area contributed by atoms with E-state index < -0.39 is 0 Å². The van der Waals surface area contributed by atoms with Crippen LogP contribution in [0.4, 0.5) is 0 Å². The second-order valence-electron chi connectivity index (χ2n) is 4.23. The van der Waals surface area contributed by atoms with Crippen molar-refractivity contribution in [1.82, 2.24) is 15.0 Å². The molecule has 0 bridgehead atoms. The van der Waals surface area contributed by atoms with E-state index in [1.807, 2.05) is 0 Å². The zero-order chi connectivity index (χ0) is 10.3. The van der Waals surface area contributed by atoms with Gasteiger partial charge in [0.15, 0.2) is 5.82 Å². The van der Waals surface area contributed by atoms with Crippen LogP contribution in [-0.4, -0.2) is 34.0 Å². The highest BCUT2D eigenvalue weighted by molar-refractivity contribution is 5.89. The molecule has 0 radical (unpaired) electrons. The Kier molecular flexibility index (Phi) is 1.97. The van der Waals surface area contributed by atoms with Crippen molar-refractivity contribution in [3.63, 3.8) is 0 Å². The molecule has 0 spiro atoms. The first-order valence-electron chi connectivity index (χ1n) is 5.47. The molecule has 1 aromatic heterocycles. The molecule has 0 atom stereocenters. The molecule has 0 aromatic carbocycles. The van der Waals surface area contributed by atoms with E-state index in [2.05, 4.69) is 10.1 Å². The van der Waals surface area contributed by atoms with E-state index in [0.717, 1.165) is 38.8 Å². The minimum absolute atomic E-state index is 0.105. The summed E-state index contributed by atoms with van der Waals surface area (Å²) in [5, 5.41) is 3.84. The minimum Gasteiger partial charge on any atom is -0.334 e. The first-order valence-corrected chi connectivity index (χ1v) is 5.47. The lowest BCUT2D eigenvalue weighted by molar-refractivity contribution is 0.0743. The van der Waals surface area contributed by atoms with Gasteiger partial charge in [0.2, 0.25) is 0 Å². The Morgan fingerprint density at radius 2 is 2.07 bits per heavy atom. The third-order valence-electron chi connectivity index (χ3n) is 2.96. The number of carbonyl (C=O) groups excluding carboxylic acids is 1. The predicted molar refractivity (Wildman–Crippen MR) is 51.4 cm³/mol. The molecule has 3 rings (SSSR count). The monoisotopic (exact) mass is 207 g/mol. The highest BCUT2D eigenvalue weighted by Crippen LogP contribution is 2.38. The number of amides is 1. The fourth-order valence-electron chi connectivity index (χ4n) is 1.88. The van der Waals surface area contributed by atoms with Crippen LogP contribution in [0.3, 0.4) is 0 Å². The fraction of sp³-hybridized carbons (Fsp3) is 0.700. The number of aromatic nitrogens is 2. The lowest BCUT2D eigenvalue weighted by Crippen LogP contribution is -2.27. The van der Waals surface area contributed by atoms with E-state index >= 15 is 0 Å². The van der Waals surface area contributed by atoms with Gasteiger partial charge in [-0.1, -0.05) is 5.16 Å². The van der Waals surface area contributed by atoms with E-state index in [1.165, 1.54) is 0 Å². The number of rotatable bonds is 2. The second kappa shape index (κ2) is 3.32. The van der Waals surface area contributed by atoms with Crippen molar-refractivity contribution in [2.24, 2.45) is 0 Å². The summed E-state index contributed by atoms with van der Waals surface area (Å²) >= 11 is 0. The lowest BCUT2D eigenvalue weighted by atomic mass is 10.4. The Hall–Kier alpha value is -1.39. The molecular formula is C10H13N3O2. The summed E-state index contributed by atoms with van der Waals surface area (Å²) in [7, 11) is 0. The minimum atomic E-state index is -0.105. The summed E-state index contributed by atoms with van der Waals surface area (Å²) in [5.41, 5.74) is 0. The van der Waals surface area contributed by atoms with Crippen LogP contribution in [0.5, 0.6) is 0 Å². The summed E-state index contributed by atoms with van der Waals surface area (Å²) in [6.45, 7) is 1.64. The van der Waals surface area contributed by atoms with E-state index in [-0.39, 0.29) is 11.8 Å². The molecule has 2 fully saturated rings. The van der Waals surface area contributed by atoms with Gasteiger partial charge in [-0.25, -0.2) is 0 Å². The van der Waals surface area contributed by atoms with E-state index in [4.69, 9.17) is 4.52 Å². The van der Waals surface area contributed by atoms with E-state index in [9.17, 15) is 4.79 Å². The molecule has 2 heterocycles. The highest BCUT2D eigenvalue weighted by atomic mass is 16.5. The number of nitrogens with zero attached hydrogens (tertiary/aromatic N) is 3. The summed E-state index contributed by atoms with van der Waals surface area (Å²) < 4.78 is 4.99. The van der Waals surface area contributed by atoms with Crippen LogP contribution in [0.15, 0.2) is 4.52 Å². The van der Waals surface area contributed by atoms with Gasteiger partial charge in [-0.2, -0.15) is 4.98 Å². The van der Waals surface area contributed by atoms with Crippen LogP contribution in [0.2, 0.25) is 0 Å². The Bertz CT molecular complexity index is 378. The normalized spacial score (nSPS) is 20.9. The molecule has 1 saturated carbocycles. The number of carbonyl (C=O) groups is 1. The Morgan fingerprint density at radius 1 is 1.33 bits per heavy atom. The van der Waals surface area contributed by atoms with Gasteiger partial charge in [0, 0.05) is 19.0 Å². The van der Waals surface area contributed by atoms with Gasteiger partial charge in [-0.3, -0.25) is 4.79 Å². The summed E-state index contributed by atoms with van der Waals surface area (Å²) in [5.74, 6) is 1.21. The quantitative estimate of drug-likeness (QED) is 0.730. The Balaban J connectivity index is 1.75. The lowest BCUT2D eigenvalue weighted by Gasteiger charge is -2.10. The molecule has 80 valence electrons. The molecule has 1 aromatic rings. The number of hydrogen-bond donors (Lipinski definition) is 0. The van der Waals surface area contributed by atoms with Crippen LogP contribution in [-0.2, 0) is 0 Å². The molecule has 1 saturated heterocycles. The molecule has 5 nitrogen and oxygen atoms in total. The van der Waals surface area contributed by atoms with Gasteiger partial charge >= 0.3 is 11.8 Å². The van der Waals surface area contributed by atoms with Gasteiger partial charge in [-0.05, 0) is 25.7 Å². The van der Waals surface area contributed by atoms with Crippen LogP contribution < -0.4 is 0 Å². The van der Waals surface area contributed by atoms with Gasteiger partial charge < -0.3 is 9.42 Å². The second-order valence-corrected chi connectivity index (χ2v) is 4.23. The average molecular weight is 207 g/mol. The number of likely N-dealkylation sites (tertiary alicyclic amines) is 1. The third-order valence-corrected chi connectivity index (χ3v) is 2.96. The Morgan fingerprint density at radius 3 is 2.73 bits per heavy atom. The van der Waals surface area contributed by atoms with Crippen molar-refractivity contribution in [2.75, 3.05) is 13.1 Å². The molecule has 2 aliphatic rings. The molecular weight excluding hydrogens is 194 g/mol. The topological polar surface area (TPSA) is 59.2 Å². The van der Waals surface area contributed by atoms with Crippen LogP contribution in [0.25, 0.3) is 0 Å². The van der Waals surface area contributed by atoms with E-state index in [0.29, 0.717) is 11.7 Å². The Labute approximate surface area is 87.4 Å². The molecule has 1 aliphatic carbocycles. The van der Waals surface area contributed by atoms with Crippen LogP contribution in [0, 0.1) is 0 Å². The third kappa shape index (κ3) is 1.62. The first-order chi connectivity index (χ1) is 7.34. The van der Waals surface area contributed by atoms with Crippen molar-refractivity contribution in [3.8, 4) is 0 Å². The van der Waals surface area contributed by atoms with Crippen molar-refractivity contribution in [3.05, 3.63) is 11.7 Å². The SMILES string of the molecule is O=C(c1nc(C2CC2)no1)N1CCCC1. The molecule has 0 unspecified atom stereocenters. The zero-order valence-electron chi connectivity index (χ0n) is 8.48. The molecule has 15 heavy (non-hydrogen) atoms. The zero-order valence-corrected chi connectivity index (χ0v) is 8.48. The van der Waals surface area contributed by atoms with Crippen molar-refractivity contribution < 1.29 is 9.32 Å². The maximum atomic E-state index is 11.8. The van der Waals surface area contributed by atoms with Gasteiger partial charge in [0.25, 0.3) is 0 Å². The van der Waals surface area contributed by atoms with Crippen molar-refractivity contribution in [2.45, 2.75) is 31.6 Å². The summed E-state index contributed by atoms with van der Waals surface area (Å²) in [6.07, 6.45) is 4.40. The average Bonchev–Trinajstić information content (AvgIpc) is 2.83. The predicted octanol–water partition coefficient (Wildman–Crippen LogP) is 1.18. The molecule has 5 heteroatoms. The van der Waals surface area contributed by atoms with Crippen molar-refractivity contribution in [1.29, 1.82) is 0 Å². The fourth-order valence-corrected chi connectivity index (χ4v) is 1.88. The molecule has 1 aliphatic heterocycles. The largest absolute Gasteiger partial charge is 0.334 e. The molecule has 1 amide bonds. The molecule has 0 N–H and O–H groups in total. The number of hydrogen-bond acceptors (Lipinski definition) is 4. The van der Waals surface area contributed by atoms with Crippen LogP contribution in [0.1, 0.15) is 48.1 Å². The smallest absolute Gasteiger partial charge is 0.316 e. The first kappa shape index (κ1) is 8.88. The maximum Gasteiger partial charge on any atom is 0.316 e. The maximum absolute atomic E-state index is 11.8. The van der Waals surface area contributed by atoms with Crippen molar-refractivity contribution >= 4 is 5.91 Å². The summed E-state index contributed by atoms with van der Waals surface area (Å²) in [6, 6.07) is 0. The van der Waals surface area contributed by atoms with Gasteiger partial charge in [0.1, 0.15) is 0 Å². The highest BCUT2D eigenvalue weighted by Gasteiger charge is 2.31. The van der Waals surface area contributed by atoms with E-state index in [1.54, 1.807) is 4.90 Å². The standard InChI is InChI=1S/C10H13N3O2/c14-10(13-5-1-2-6-13)9-11-8(12-15-9)7-3-4-7/h7H,1-6H2. The van der Waals surface area contributed by atoms with Gasteiger partial charge in [0.05, 0.1) is 0 Å². The van der Waals surface area contributed by atoms with Crippen LogP contribution >= 0.6 is 0 Å².